The minimum Gasteiger partial charge on any atom is -0.497 e. The van der Waals surface area contributed by atoms with Crippen molar-refractivity contribution >= 4 is 23.4 Å². The van der Waals surface area contributed by atoms with Crippen molar-refractivity contribution < 1.29 is 18.8 Å². The molecule has 3 rings (SSSR count). The fraction of sp³-hybridized carbons (Fsp3) is 0.267. The van der Waals surface area contributed by atoms with Crippen LogP contribution >= 0.6 is 0 Å². The van der Waals surface area contributed by atoms with Crippen molar-refractivity contribution in [2.45, 2.75) is 12.5 Å². The number of methoxy groups -OCH3 is 1. The third-order valence-electron chi connectivity index (χ3n) is 3.50. The Morgan fingerprint density at radius 2 is 2.30 bits per heavy atom. The molecule has 1 saturated heterocycles. The van der Waals surface area contributed by atoms with E-state index in [-0.39, 0.29) is 18.4 Å². The number of amides is 3. The molecular formula is C15H16N4O4. The van der Waals surface area contributed by atoms with Crippen LogP contribution in [0.3, 0.4) is 0 Å². The Balaban J connectivity index is 1.61. The Morgan fingerprint density at radius 3 is 3.04 bits per heavy atom. The van der Waals surface area contributed by atoms with Gasteiger partial charge in [-0.2, -0.15) is 0 Å². The summed E-state index contributed by atoms with van der Waals surface area (Å²) in [5, 5.41) is 8.87. The van der Waals surface area contributed by atoms with Crippen molar-refractivity contribution in [1.29, 1.82) is 0 Å². The normalized spacial score (nSPS) is 17.2. The summed E-state index contributed by atoms with van der Waals surface area (Å²) in [5.74, 6) is 0.942. The van der Waals surface area contributed by atoms with Gasteiger partial charge < -0.3 is 19.5 Å². The second-order valence-corrected chi connectivity index (χ2v) is 5.09. The average molecular weight is 316 g/mol. The van der Waals surface area contributed by atoms with Crippen LogP contribution in [0.15, 0.2) is 41.1 Å². The van der Waals surface area contributed by atoms with E-state index in [2.05, 4.69) is 20.3 Å². The first-order chi connectivity index (χ1) is 11.2. The predicted molar refractivity (Wildman–Crippen MR) is 82.4 cm³/mol. The molecule has 0 saturated carbocycles. The fourth-order valence-corrected chi connectivity index (χ4v) is 2.45. The molecule has 1 aliphatic rings. The minimum absolute atomic E-state index is 0.0509. The zero-order valence-corrected chi connectivity index (χ0v) is 12.5. The molecule has 1 aliphatic heterocycles. The van der Waals surface area contributed by atoms with Crippen molar-refractivity contribution in [3.8, 4) is 5.75 Å². The van der Waals surface area contributed by atoms with Crippen LogP contribution in [0, 0.1) is 0 Å². The van der Waals surface area contributed by atoms with Gasteiger partial charge in [-0.25, -0.2) is 4.79 Å². The number of rotatable bonds is 4. The average Bonchev–Trinajstić information content (AvgIpc) is 3.17. The number of hydrogen-bond donors (Lipinski definition) is 2. The Kier molecular flexibility index (Phi) is 4.13. The molecule has 3 amide bonds. The maximum Gasteiger partial charge on any atom is 0.320 e. The summed E-state index contributed by atoms with van der Waals surface area (Å²) in [4.78, 5) is 25.7. The highest BCUT2D eigenvalue weighted by atomic mass is 16.5. The van der Waals surface area contributed by atoms with Crippen molar-refractivity contribution in [3.05, 3.63) is 36.6 Å². The number of aromatic nitrogens is 1. The molecule has 0 aliphatic carbocycles. The number of carbonyl (C=O) groups excluding carboxylic acids is 2. The van der Waals surface area contributed by atoms with Gasteiger partial charge in [-0.05, 0) is 12.1 Å². The number of anilines is 2. The lowest BCUT2D eigenvalue weighted by Crippen LogP contribution is -2.39. The molecule has 1 atom stereocenters. The summed E-state index contributed by atoms with van der Waals surface area (Å²) in [6.07, 6.45) is 1.60. The van der Waals surface area contributed by atoms with Gasteiger partial charge in [-0.3, -0.25) is 10.1 Å². The predicted octanol–water partition coefficient (Wildman–Crippen LogP) is 1.61. The number of nitrogens with one attached hydrogen (secondary N) is 2. The van der Waals surface area contributed by atoms with Crippen LogP contribution in [0.4, 0.5) is 16.3 Å². The topological polar surface area (TPSA) is 96.7 Å². The van der Waals surface area contributed by atoms with Crippen LogP contribution in [0.5, 0.6) is 5.75 Å². The fourth-order valence-electron chi connectivity index (χ4n) is 2.45. The largest absolute Gasteiger partial charge is 0.497 e. The molecule has 0 spiro atoms. The molecule has 2 heterocycles. The molecule has 8 nitrogen and oxygen atoms in total. The lowest BCUT2D eigenvalue weighted by Gasteiger charge is -2.18. The molecule has 2 N–H and O–H groups in total. The first-order valence-electron chi connectivity index (χ1n) is 7.08. The maximum absolute atomic E-state index is 12.2. The molecule has 2 aromatic rings. The van der Waals surface area contributed by atoms with Gasteiger partial charge in [0, 0.05) is 30.8 Å². The monoisotopic (exact) mass is 316 g/mol. The first kappa shape index (κ1) is 14.9. The number of ether oxygens (including phenoxy) is 1. The Labute approximate surface area is 132 Å². The summed E-state index contributed by atoms with van der Waals surface area (Å²) in [6, 6.07) is 8.07. The van der Waals surface area contributed by atoms with Crippen molar-refractivity contribution in [3.63, 3.8) is 0 Å². The third-order valence-corrected chi connectivity index (χ3v) is 3.50. The van der Waals surface area contributed by atoms with Gasteiger partial charge in [0.1, 0.15) is 12.0 Å². The molecule has 8 heteroatoms. The highest BCUT2D eigenvalue weighted by Crippen LogP contribution is 2.25. The lowest BCUT2D eigenvalue weighted by atomic mass is 10.2. The van der Waals surface area contributed by atoms with Crippen LogP contribution < -0.4 is 20.3 Å². The number of urea groups is 1. The van der Waals surface area contributed by atoms with Crippen LogP contribution in [-0.2, 0) is 4.79 Å². The first-order valence-corrected chi connectivity index (χ1v) is 7.08. The quantitative estimate of drug-likeness (QED) is 0.893. The second-order valence-electron chi connectivity index (χ2n) is 5.09. The van der Waals surface area contributed by atoms with E-state index in [0.717, 1.165) is 5.69 Å². The van der Waals surface area contributed by atoms with Gasteiger partial charge in [-0.1, -0.05) is 11.2 Å². The molecule has 120 valence electrons. The number of carbonyl (C=O) groups is 2. The Hall–Kier alpha value is -3.03. The van der Waals surface area contributed by atoms with E-state index in [9.17, 15) is 9.59 Å². The van der Waals surface area contributed by atoms with Gasteiger partial charge in [0.15, 0.2) is 5.82 Å². The Bertz CT molecular complexity index is 701. The standard InChI is InChI=1S/C15H16N4O4/c1-22-12-4-2-3-11(8-12)19-9-10(7-14(19)20)16-15(21)17-13-5-6-23-18-13/h2-6,8,10H,7,9H2,1H3,(H2,16,17,18,21). The van der Waals surface area contributed by atoms with Gasteiger partial charge in [0.05, 0.1) is 13.2 Å². The zero-order chi connectivity index (χ0) is 16.2. The van der Waals surface area contributed by atoms with Crippen LogP contribution in [0.1, 0.15) is 6.42 Å². The number of hydrogen-bond acceptors (Lipinski definition) is 5. The highest BCUT2D eigenvalue weighted by molar-refractivity contribution is 5.97. The van der Waals surface area contributed by atoms with E-state index in [0.29, 0.717) is 18.1 Å². The number of nitrogens with zero attached hydrogens (tertiary/aromatic N) is 2. The third kappa shape index (κ3) is 3.42. The zero-order valence-electron chi connectivity index (χ0n) is 12.5. The molecule has 1 fully saturated rings. The highest BCUT2D eigenvalue weighted by Gasteiger charge is 2.31. The van der Waals surface area contributed by atoms with Crippen LogP contribution in [0.2, 0.25) is 0 Å². The summed E-state index contributed by atoms with van der Waals surface area (Å²) >= 11 is 0. The second kappa shape index (κ2) is 6.39. The van der Waals surface area contributed by atoms with Crippen molar-refractivity contribution in [1.82, 2.24) is 10.5 Å². The number of benzene rings is 1. The van der Waals surface area contributed by atoms with E-state index >= 15 is 0 Å². The van der Waals surface area contributed by atoms with E-state index in [1.807, 2.05) is 18.2 Å². The van der Waals surface area contributed by atoms with Gasteiger partial charge >= 0.3 is 6.03 Å². The van der Waals surface area contributed by atoms with Gasteiger partial charge in [0.2, 0.25) is 5.91 Å². The van der Waals surface area contributed by atoms with E-state index in [1.165, 1.54) is 12.3 Å². The van der Waals surface area contributed by atoms with Crippen molar-refractivity contribution in [2.24, 2.45) is 0 Å². The lowest BCUT2D eigenvalue weighted by molar-refractivity contribution is -0.117. The van der Waals surface area contributed by atoms with Crippen molar-refractivity contribution in [2.75, 3.05) is 23.9 Å². The van der Waals surface area contributed by atoms with Crippen LogP contribution in [-0.4, -0.2) is 36.8 Å². The maximum atomic E-state index is 12.2. The Morgan fingerprint density at radius 1 is 1.43 bits per heavy atom. The summed E-state index contributed by atoms with van der Waals surface area (Å²) in [6.45, 7) is 0.401. The molecule has 0 bridgehead atoms. The van der Waals surface area contributed by atoms with Gasteiger partial charge in [-0.15, -0.1) is 0 Å². The summed E-state index contributed by atoms with van der Waals surface area (Å²) in [7, 11) is 1.57. The summed E-state index contributed by atoms with van der Waals surface area (Å²) in [5.41, 5.74) is 0.746. The smallest absolute Gasteiger partial charge is 0.320 e. The van der Waals surface area contributed by atoms with E-state index < -0.39 is 6.03 Å². The molecule has 1 aromatic heterocycles. The molecule has 1 aromatic carbocycles. The molecular weight excluding hydrogens is 300 g/mol. The summed E-state index contributed by atoms with van der Waals surface area (Å²) < 4.78 is 9.80. The van der Waals surface area contributed by atoms with Crippen LogP contribution in [0.25, 0.3) is 0 Å². The van der Waals surface area contributed by atoms with E-state index in [1.54, 1.807) is 18.1 Å². The minimum atomic E-state index is -0.427. The van der Waals surface area contributed by atoms with E-state index in [4.69, 9.17) is 4.74 Å². The molecule has 23 heavy (non-hydrogen) atoms. The van der Waals surface area contributed by atoms with Gasteiger partial charge in [0.25, 0.3) is 0 Å². The molecule has 0 radical (unpaired) electrons. The SMILES string of the molecule is COc1cccc(N2CC(NC(=O)Nc3ccon3)CC2=O)c1. The molecule has 1 unspecified atom stereocenters.